The van der Waals surface area contributed by atoms with Crippen molar-refractivity contribution in [1.29, 1.82) is 1.34 Å². The molecule has 2 rings (SSSR count). The van der Waals surface area contributed by atoms with E-state index in [1.54, 1.807) is 0 Å². The number of allylic oxidation sites excluding steroid dienone is 2. The van der Waals surface area contributed by atoms with E-state index >= 15 is 0 Å². The third-order valence-corrected chi connectivity index (χ3v) is 14.3. The Hall–Kier alpha value is -1.16. The van der Waals surface area contributed by atoms with Crippen molar-refractivity contribution in [1.82, 2.24) is 0 Å². The van der Waals surface area contributed by atoms with Crippen LogP contribution in [0.2, 0.25) is 0 Å². The molecule has 2 bridgehead atoms. The summed E-state index contributed by atoms with van der Waals surface area (Å²) in [6, 6.07) is 0. The van der Waals surface area contributed by atoms with E-state index in [9.17, 15) is 78.3 Å². The van der Waals surface area contributed by atoms with Crippen LogP contribution in [0.15, 0.2) is 17.0 Å². The third-order valence-electron chi connectivity index (χ3n) is 5.77. The molecule has 1 fully saturated rings. The summed E-state index contributed by atoms with van der Waals surface area (Å²) < 4.78 is 204. The summed E-state index contributed by atoms with van der Waals surface area (Å²) in [6.07, 6.45) is 3.49. The van der Waals surface area contributed by atoms with Gasteiger partial charge in [-0.05, 0) is 30.6 Å². The molecule has 0 spiro atoms. The fourth-order valence-electron chi connectivity index (χ4n) is 3.86. The van der Waals surface area contributed by atoms with Gasteiger partial charge in [0.25, 0.3) is 29.5 Å². The maximum atomic E-state index is 12.7. The predicted molar refractivity (Wildman–Crippen MR) is 150 cm³/mol. The summed E-state index contributed by atoms with van der Waals surface area (Å²) in [4.78, 5) is 3.28. The van der Waals surface area contributed by atoms with Gasteiger partial charge in [0, 0.05) is 12.7 Å². The van der Waals surface area contributed by atoms with E-state index in [2.05, 4.69) is 4.81 Å². The van der Waals surface area contributed by atoms with Crippen molar-refractivity contribution in [3.05, 3.63) is 12.2 Å². The van der Waals surface area contributed by atoms with Gasteiger partial charge < -0.3 is 9.84 Å². The van der Waals surface area contributed by atoms with Crippen LogP contribution >= 0.6 is 10.6 Å². The molecular formula is C17H25B3F9NO11S5. The molecule has 1 saturated carbocycles. The molecule has 2 N–H and O–H groups in total. The van der Waals surface area contributed by atoms with Crippen LogP contribution in [0.3, 0.4) is 0 Å². The van der Waals surface area contributed by atoms with E-state index in [0.29, 0.717) is 19.4 Å². The number of halogens is 9. The number of alkyl halides is 9. The molecule has 12 nitrogen and oxygen atoms in total. The molecule has 0 saturated heterocycles. The van der Waals surface area contributed by atoms with Crippen molar-refractivity contribution in [3.8, 4) is 0 Å². The number of aliphatic hydroxyl groups excluding tert-OH is 1. The zero-order valence-corrected chi connectivity index (χ0v) is 27.1. The minimum absolute atomic E-state index is 0.0608. The van der Waals surface area contributed by atoms with Gasteiger partial charge in [-0.15, -0.1) is 0 Å². The SMILES string of the molecule is CS(=O)(=O)CS(=O)(=O)C(F)(F)F.O=S(=O)(C(CC(O)COCC1CC2C=CC1C2)S(=O)(=O)C(F)(F)F)C(F)(F)F.[3H]B=S=BN=BO. The van der Waals surface area contributed by atoms with E-state index in [1.165, 1.54) is 6.29 Å². The third kappa shape index (κ3) is 13.8. The average molecular weight is 785 g/mol. The van der Waals surface area contributed by atoms with Crippen LogP contribution in [0.1, 0.15) is 19.3 Å². The van der Waals surface area contributed by atoms with Gasteiger partial charge in [-0.3, -0.25) is 0 Å². The first-order valence-electron chi connectivity index (χ1n) is 12.4. The molecule has 4 unspecified atom stereocenters. The molecule has 0 aromatic heterocycles. The van der Waals surface area contributed by atoms with Gasteiger partial charge in [-0.1, -0.05) is 12.2 Å². The number of nitrogens with zero attached hydrogens (tertiary/aromatic N) is 1. The van der Waals surface area contributed by atoms with E-state index in [0.717, 1.165) is 30.1 Å². The van der Waals surface area contributed by atoms with Crippen LogP contribution in [0.4, 0.5) is 39.5 Å². The van der Waals surface area contributed by atoms with Crippen LogP contribution in [-0.4, -0.2) is 117 Å². The Morgan fingerprint density at radius 2 is 1.48 bits per heavy atom. The molecule has 0 aromatic rings. The number of hydrogen-bond donors (Lipinski definition) is 2. The van der Waals surface area contributed by atoms with Gasteiger partial charge in [-0.25, -0.2) is 33.7 Å². The average Bonchev–Trinajstić information content (AvgIpc) is 3.48. The zero-order valence-electron chi connectivity index (χ0n) is 24.0. The van der Waals surface area contributed by atoms with E-state index < -0.39 is 84.7 Å². The van der Waals surface area contributed by atoms with Crippen LogP contribution in [0, 0.1) is 17.8 Å². The predicted octanol–water partition coefficient (Wildman–Crippen LogP) is 0.949. The normalized spacial score (nSPS) is 21.2. The van der Waals surface area contributed by atoms with Crippen molar-refractivity contribution < 1.29 is 88.1 Å². The van der Waals surface area contributed by atoms with Gasteiger partial charge in [0.15, 0.2) is 19.5 Å². The first-order chi connectivity index (χ1) is 20.9. The van der Waals surface area contributed by atoms with Crippen LogP contribution in [0.25, 0.3) is 0 Å². The minimum atomic E-state index is -6.75. The van der Waals surface area contributed by atoms with E-state index in [4.69, 9.17) is 11.1 Å². The first-order valence-corrected chi connectivity index (χ1v) is 19.5. The van der Waals surface area contributed by atoms with Gasteiger partial charge in [0.2, 0.25) is 0 Å². The van der Waals surface area contributed by atoms with Crippen molar-refractivity contribution in [2.24, 2.45) is 22.6 Å². The zero-order chi connectivity index (χ0) is 37.3. The maximum absolute atomic E-state index is 12.7. The van der Waals surface area contributed by atoms with Crippen LogP contribution in [0.5, 0.6) is 0 Å². The van der Waals surface area contributed by atoms with Gasteiger partial charge in [0.1, 0.15) is 0 Å². The first kappa shape index (κ1) is 42.9. The second kappa shape index (κ2) is 17.0. The summed E-state index contributed by atoms with van der Waals surface area (Å²) in [7, 11) is -21.5. The second-order valence-corrected chi connectivity index (χ2v) is 19.0. The Labute approximate surface area is 264 Å². The van der Waals surface area contributed by atoms with Crippen LogP contribution in [-0.2, 0) is 44.1 Å². The Morgan fingerprint density at radius 1 is 0.957 bits per heavy atom. The van der Waals surface area contributed by atoms with Crippen molar-refractivity contribution in [3.63, 3.8) is 0 Å². The number of ether oxygens (including phenoxy) is 1. The van der Waals surface area contributed by atoms with E-state index in [1.807, 2.05) is 12.2 Å². The molecule has 0 aromatic carbocycles. The molecule has 2 aliphatic carbocycles. The quantitative estimate of drug-likeness (QED) is 0.172. The Bertz CT molecular complexity index is 1570. The molecule has 266 valence electrons. The van der Waals surface area contributed by atoms with Gasteiger partial charge >= 0.3 is 58.6 Å². The number of sulfone groups is 4. The second-order valence-electron chi connectivity index (χ2n) is 9.49. The number of aliphatic hydroxyl groups is 1. The molecule has 2 aliphatic rings. The summed E-state index contributed by atoms with van der Waals surface area (Å²) in [5, 5.41) is 15.7. The van der Waals surface area contributed by atoms with Gasteiger partial charge in [-0.2, -0.15) is 39.5 Å². The number of hydrogen-bond acceptors (Lipinski definition) is 10. The molecule has 0 aliphatic heterocycles. The molecule has 0 heterocycles. The van der Waals surface area contributed by atoms with Crippen molar-refractivity contribution in [2.75, 3.05) is 24.6 Å². The molecule has 0 amide bonds. The molecule has 29 heteroatoms. The van der Waals surface area contributed by atoms with Crippen LogP contribution < -0.4 is 0 Å². The number of fused-ring (bicyclic) bond motifs is 2. The fraction of sp³-hybridized carbons (Fsp3) is 0.882. The summed E-state index contributed by atoms with van der Waals surface area (Å²) in [5.41, 5.74) is -18.0. The van der Waals surface area contributed by atoms with E-state index in [-0.39, 0.29) is 18.4 Å². The molecule has 0 radical (unpaired) electrons. The van der Waals surface area contributed by atoms with Gasteiger partial charge in [0.05, 0.1) is 19.3 Å². The monoisotopic (exact) mass is 785 g/mol. The summed E-state index contributed by atoms with van der Waals surface area (Å²) in [6.45, 7) is 0.382. The Morgan fingerprint density at radius 3 is 1.80 bits per heavy atom. The topological polar surface area (TPSA) is 199 Å². The Balaban J connectivity index is 0.000000916. The molecular weight excluding hydrogens is 758 g/mol. The molecule has 4 atom stereocenters. The van der Waals surface area contributed by atoms with Crippen molar-refractivity contribution >= 4 is 70.2 Å². The Kier molecular flexibility index (Phi) is 15.8. The summed E-state index contributed by atoms with van der Waals surface area (Å²) >= 11 is 0. The summed E-state index contributed by atoms with van der Waals surface area (Å²) in [5.74, 6) is 0.670. The van der Waals surface area contributed by atoms with Crippen molar-refractivity contribution in [2.45, 2.75) is 46.5 Å². The molecule has 46 heavy (non-hydrogen) atoms. The fourth-order valence-corrected chi connectivity index (χ4v) is 10.3. The number of rotatable bonds is 11. The standard InChI is InChI=1S/C14H18F6O6S2.C3H5F3O4S2.B3H2NOS/c15-13(16,17)27(22,23)12(28(24,25)14(18,19)20)5-11(21)7-26-6-10-4-8-1-2-9(10)3-8;1-11(7,8)2-12(9,10)3(4,5)6;1-6-3-4-2-5/h1-2,8-12,21H,3-7H2;2H2,1H3;1,5H/i;;1T.